The van der Waals surface area contributed by atoms with Crippen LogP contribution in [0.15, 0.2) is 61.2 Å². The number of rotatable bonds is 6. The molecule has 0 fully saturated rings. The predicted molar refractivity (Wildman–Crippen MR) is 99.2 cm³/mol. The van der Waals surface area contributed by atoms with Crippen LogP contribution in [0.5, 0.6) is 0 Å². The Morgan fingerprint density at radius 3 is 2.57 bits per heavy atom. The topological polar surface area (TPSA) is 133 Å². The number of hydrogen-bond donors (Lipinski definition) is 1. The van der Waals surface area contributed by atoms with Gasteiger partial charge in [-0.05, 0) is 24.6 Å². The Hall–Kier alpha value is -4.08. The minimum absolute atomic E-state index is 0.0843. The number of benzene rings is 2. The number of nitro groups is 2. The Morgan fingerprint density at radius 1 is 1.14 bits per heavy atom. The largest absolute Gasteiger partial charge is 0.346 e. The summed E-state index contributed by atoms with van der Waals surface area (Å²) in [5, 5.41) is 25.0. The Labute approximate surface area is 158 Å². The molecule has 142 valence electrons. The van der Waals surface area contributed by atoms with Crippen molar-refractivity contribution in [2.24, 2.45) is 0 Å². The van der Waals surface area contributed by atoms with Crippen LogP contribution in [0, 0.1) is 20.2 Å². The number of aromatic nitrogens is 2. The van der Waals surface area contributed by atoms with E-state index in [9.17, 15) is 25.0 Å². The Bertz CT molecular complexity index is 1050. The van der Waals surface area contributed by atoms with Crippen LogP contribution < -0.4 is 5.32 Å². The maximum atomic E-state index is 12.5. The van der Waals surface area contributed by atoms with Gasteiger partial charge in [0.2, 0.25) is 0 Å². The SMILES string of the molecule is CC(NC(=O)c1ccc(-n2ccnc2)c([N+](=O)[O-])c1)c1cccc([N+](=O)[O-])c1. The maximum Gasteiger partial charge on any atom is 0.294 e. The van der Waals surface area contributed by atoms with Crippen LogP contribution >= 0.6 is 0 Å². The Balaban J connectivity index is 1.84. The quantitative estimate of drug-likeness (QED) is 0.515. The van der Waals surface area contributed by atoms with Gasteiger partial charge in [-0.2, -0.15) is 0 Å². The number of amides is 1. The van der Waals surface area contributed by atoms with Gasteiger partial charge in [0, 0.05) is 36.2 Å². The first-order valence-corrected chi connectivity index (χ1v) is 8.19. The maximum absolute atomic E-state index is 12.5. The minimum Gasteiger partial charge on any atom is -0.346 e. The third kappa shape index (κ3) is 3.85. The molecule has 28 heavy (non-hydrogen) atoms. The molecule has 0 saturated heterocycles. The fourth-order valence-corrected chi connectivity index (χ4v) is 2.70. The lowest BCUT2D eigenvalue weighted by atomic mass is 10.1. The first-order chi connectivity index (χ1) is 13.4. The van der Waals surface area contributed by atoms with Crippen molar-refractivity contribution in [2.75, 3.05) is 0 Å². The summed E-state index contributed by atoms with van der Waals surface area (Å²) in [7, 11) is 0. The van der Waals surface area contributed by atoms with Gasteiger partial charge >= 0.3 is 0 Å². The molecule has 1 atom stereocenters. The van der Waals surface area contributed by atoms with Crippen LogP contribution in [0.25, 0.3) is 5.69 Å². The van der Waals surface area contributed by atoms with E-state index >= 15 is 0 Å². The lowest BCUT2D eigenvalue weighted by Crippen LogP contribution is -2.26. The first kappa shape index (κ1) is 18.7. The molecule has 1 aromatic heterocycles. The number of carbonyl (C=O) groups is 1. The van der Waals surface area contributed by atoms with Gasteiger partial charge in [-0.3, -0.25) is 25.0 Å². The van der Waals surface area contributed by atoms with Crippen molar-refractivity contribution in [3.05, 3.63) is 92.5 Å². The van der Waals surface area contributed by atoms with Crippen molar-refractivity contribution in [1.29, 1.82) is 0 Å². The number of imidazole rings is 1. The third-order valence-corrected chi connectivity index (χ3v) is 4.15. The lowest BCUT2D eigenvalue weighted by Gasteiger charge is -2.14. The van der Waals surface area contributed by atoms with E-state index in [0.29, 0.717) is 5.56 Å². The molecule has 0 spiro atoms. The van der Waals surface area contributed by atoms with Crippen molar-refractivity contribution in [3.63, 3.8) is 0 Å². The van der Waals surface area contributed by atoms with Gasteiger partial charge in [-0.25, -0.2) is 4.98 Å². The van der Waals surface area contributed by atoms with Crippen molar-refractivity contribution >= 4 is 17.3 Å². The summed E-state index contributed by atoms with van der Waals surface area (Å²) in [6.07, 6.45) is 4.48. The average Bonchev–Trinajstić information content (AvgIpc) is 3.22. The highest BCUT2D eigenvalue weighted by Gasteiger charge is 2.20. The molecule has 10 nitrogen and oxygen atoms in total. The van der Waals surface area contributed by atoms with Crippen LogP contribution in [0.1, 0.15) is 28.9 Å². The second-order valence-corrected chi connectivity index (χ2v) is 5.98. The summed E-state index contributed by atoms with van der Waals surface area (Å²) in [5.41, 5.74) is 0.610. The number of hydrogen-bond acceptors (Lipinski definition) is 6. The Kier molecular flexibility index (Phi) is 5.12. The molecule has 0 aliphatic rings. The molecule has 1 amide bonds. The van der Waals surface area contributed by atoms with E-state index in [-0.39, 0.29) is 22.6 Å². The molecule has 0 bridgehead atoms. The van der Waals surface area contributed by atoms with Gasteiger partial charge in [0.05, 0.1) is 22.2 Å². The monoisotopic (exact) mass is 381 g/mol. The minimum atomic E-state index is -0.573. The summed E-state index contributed by atoms with van der Waals surface area (Å²) in [6, 6.07) is 9.50. The zero-order valence-corrected chi connectivity index (χ0v) is 14.7. The highest BCUT2D eigenvalue weighted by atomic mass is 16.6. The van der Waals surface area contributed by atoms with Gasteiger partial charge < -0.3 is 9.88 Å². The molecular weight excluding hydrogens is 366 g/mol. The van der Waals surface area contributed by atoms with E-state index in [1.165, 1.54) is 53.5 Å². The normalized spacial score (nSPS) is 11.6. The first-order valence-electron chi connectivity index (χ1n) is 8.19. The number of nitrogens with zero attached hydrogens (tertiary/aromatic N) is 4. The average molecular weight is 381 g/mol. The van der Waals surface area contributed by atoms with Crippen LogP contribution in [0.2, 0.25) is 0 Å². The molecule has 3 rings (SSSR count). The molecule has 10 heteroatoms. The summed E-state index contributed by atoms with van der Waals surface area (Å²) >= 11 is 0. The third-order valence-electron chi connectivity index (χ3n) is 4.15. The number of carbonyl (C=O) groups excluding carboxylic acids is 1. The fourth-order valence-electron chi connectivity index (χ4n) is 2.70. The number of nitrogens with one attached hydrogen (secondary N) is 1. The lowest BCUT2D eigenvalue weighted by molar-refractivity contribution is -0.385. The zero-order valence-electron chi connectivity index (χ0n) is 14.7. The Morgan fingerprint density at radius 2 is 1.93 bits per heavy atom. The molecule has 0 aliphatic heterocycles. The van der Waals surface area contributed by atoms with Crippen LogP contribution in [0.4, 0.5) is 11.4 Å². The van der Waals surface area contributed by atoms with E-state index in [1.54, 1.807) is 19.2 Å². The standard InChI is InChI=1S/C18H15N5O5/c1-12(13-3-2-4-15(9-13)22(25)26)20-18(24)14-5-6-16(17(10-14)23(27)28)21-8-7-19-11-21/h2-12H,1H3,(H,20,24). The van der Waals surface area contributed by atoms with E-state index in [0.717, 1.165) is 0 Å². The summed E-state index contributed by atoms with van der Waals surface area (Å²) in [6.45, 7) is 1.67. The molecular formula is C18H15N5O5. The van der Waals surface area contributed by atoms with Gasteiger partial charge in [-0.15, -0.1) is 0 Å². The number of non-ortho nitro benzene ring substituents is 1. The van der Waals surface area contributed by atoms with E-state index < -0.39 is 21.8 Å². The van der Waals surface area contributed by atoms with Crippen LogP contribution in [-0.2, 0) is 0 Å². The second-order valence-electron chi connectivity index (χ2n) is 5.98. The molecule has 0 saturated carbocycles. The molecule has 1 unspecified atom stereocenters. The van der Waals surface area contributed by atoms with Gasteiger partial charge in [0.15, 0.2) is 0 Å². The zero-order chi connectivity index (χ0) is 20.3. The highest BCUT2D eigenvalue weighted by molar-refractivity contribution is 5.95. The van der Waals surface area contributed by atoms with Crippen molar-refractivity contribution in [1.82, 2.24) is 14.9 Å². The van der Waals surface area contributed by atoms with Gasteiger partial charge in [-0.1, -0.05) is 12.1 Å². The van der Waals surface area contributed by atoms with Crippen molar-refractivity contribution < 1.29 is 14.6 Å². The summed E-state index contributed by atoms with van der Waals surface area (Å²) in [4.78, 5) is 37.6. The smallest absolute Gasteiger partial charge is 0.294 e. The van der Waals surface area contributed by atoms with Gasteiger partial charge in [0.25, 0.3) is 17.3 Å². The van der Waals surface area contributed by atoms with Crippen molar-refractivity contribution in [3.8, 4) is 5.69 Å². The van der Waals surface area contributed by atoms with Crippen molar-refractivity contribution in [2.45, 2.75) is 13.0 Å². The molecule has 3 aromatic rings. The van der Waals surface area contributed by atoms with Crippen LogP contribution in [-0.4, -0.2) is 25.3 Å². The number of nitro benzene ring substituents is 2. The predicted octanol–water partition coefficient (Wildman–Crippen LogP) is 3.18. The second kappa shape index (κ2) is 7.66. The van der Waals surface area contributed by atoms with E-state index in [4.69, 9.17) is 0 Å². The molecule has 1 N–H and O–H groups in total. The van der Waals surface area contributed by atoms with Crippen LogP contribution in [0.3, 0.4) is 0 Å². The molecule has 0 radical (unpaired) electrons. The highest BCUT2D eigenvalue weighted by Crippen LogP contribution is 2.25. The van der Waals surface area contributed by atoms with E-state index in [1.807, 2.05) is 0 Å². The summed E-state index contributed by atoms with van der Waals surface area (Å²) < 4.78 is 1.48. The summed E-state index contributed by atoms with van der Waals surface area (Å²) in [5.74, 6) is -0.528. The molecule has 2 aromatic carbocycles. The van der Waals surface area contributed by atoms with Gasteiger partial charge in [0.1, 0.15) is 5.69 Å². The molecule has 0 aliphatic carbocycles. The van der Waals surface area contributed by atoms with E-state index in [2.05, 4.69) is 10.3 Å². The molecule has 1 heterocycles. The fraction of sp³-hybridized carbons (Fsp3) is 0.111.